The predicted molar refractivity (Wildman–Crippen MR) is 74.4 cm³/mol. The number of imidazole rings is 1. The van der Waals surface area contributed by atoms with E-state index in [1.54, 1.807) is 6.07 Å². The summed E-state index contributed by atoms with van der Waals surface area (Å²) >= 11 is 0. The first kappa shape index (κ1) is 14.8. The van der Waals surface area contributed by atoms with Crippen molar-refractivity contribution < 1.29 is 18.0 Å². The van der Waals surface area contributed by atoms with Crippen LogP contribution in [0, 0.1) is 0 Å². The highest BCUT2D eigenvalue weighted by atomic mass is 19.4. The lowest BCUT2D eigenvalue weighted by Gasteiger charge is -2.30. The van der Waals surface area contributed by atoms with Crippen molar-refractivity contribution in [1.82, 2.24) is 9.55 Å². The molecule has 0 atom stereocenters. The van der Waals surface area contributed by atoms with Gasteiger partial charge in [0, 0.05) is 12.4 Å². The van der Waals surface area contributed by atoms with E-state index in [9.17, 15) is 18.0 Å². The van der Waals surface area contributed by atoms with Crippen molar-refractivity contribution in [3.63, 3.8) is 0 Å². The lowest BCUT2D eigenvalue weighted by Crippen LogP contribution is -2.38. The highest BCUT2D eigenvalue weighted by Gasteiger charge is 2.48. The Morgan fingerprint density at radius 1 is 1.18 bits per heavy atom. The summed E-state index contributed by atoms with van der Waals surface area (Å²) in [4.78, 5) is 16.7. The van der Waals surface area contributed by atoms with Crippen LogP contribution in [-0.2, 0) is 11.6 Å². The molecule has 1 aliphatic carbocycles. The van der Waals surface area contributed by atoms with Crippen LogP contribution in [0.5, 0.6) is 0 Å². The maximum absolute atomic E-state index is 13.3. The maximum atomic E-state index is 13.3. The van der Waals surface area contributed by atoms with Crippen LogP contribution in [0.15, 0.2) is 43.0 Å². The predicted octanol–water partition coefficient (Wildman–Crippen LogP) is 4.05. The zero-order valence-corrected chi connectivity index (χ0v) is 11.8. The number of halogens is 3. The van der Waals surface area contributed by atoms with E-state index in [0.717, 1.165) is 18.9 Å². The molecule has 0 spiro atoms. The number of carbonyl (C=O) groups is 1. The van der Waals surface area contributed by atoms with Crippen LogP contribution in [0.2, 0.25) is 0 Å². The molecule has 0 saturated heterocycles. The summed E-state index contributed by atoms with van der Waals surface area (Å²) in [6.07, 6.45) is 2.16. The van der Waals surface area contributed by atoms with Gasteiger partial charge in [0.1, 0.15) is 6.33 Å². The fourth-order valence-electron chi connectivity index (χ4n) is 3.35. The quantitative estimate of drug-likeness (QED) is 0.839. The molecule has 1 aliphatic rings. The van der Waals surface area contributed by atoms with Gasteiger partial charge in [-0.25, -0.2) is 4.98 Å². The zero-order valence-electron chi connectivity index (χ0n) is 11.8. The van der Waals surface area contributed by atoms with Crippen molar-refractivity contribution in [3.05, 3.63) is 54.1 Å². The molecule has 0 unspecified atom stereocenters. The van der Waals surface area contributed by atoms with Crippen LogP contribution in [0.3, 0.4) is 0 Å². The van der Waals surface area contributed by atoms with Crippen LogP contribution in [0.1, 0.15) is 41.6 Å². The Morgan fingerprint density at radius 3 is 2.45 bits per heavy atom. The van der Waals surface area contributed by atoms with Crippen molar-refractivity contribution >= 4 is 5.91 Å². The molecule has 3 rings (SSSR count). The Bertz CT molecular complexity index is 671. The minimum atomic E-state index is -4.47. The largest absolute Gasteiger partial charge is 0.416 e. The molecule has 0 amide bonds. The second-order valence-electron chi connectivity index (χ2n) is 5.61. The van der Waals surface area contributed by atoms with Gasteiger partial charge in [-0.15, -0.1) is 0 Å². The minimum absolute atomic E-state index is 0.0821. The summed E-state index contributed by atoms with van der Waals surface area (Å²) in [5, 5.41) is 0. The molecule has 1 heterocycles. The molecule has 22 heavy (non-hydrogen) atoms. The summed E-state index contributed by atoms with van der Waals surface area (Å²) in [6.45, 7) is 0. The SMILES string of the molecule is O=C(n1ccnc1)C1(c2ccccc2C(F)(F)F)CCCC1. The average molecular weight is 308 g/mol. The topological polar surface area (TPSA) is 34.9 Å². The first-order chi connectivity index (χ1) is 10.5. The molecular formula is C16H15F3N2O. The number of carbonyl (C=O) groups excluding carboxylic acids is 1. The Morgan fingerprint density at radius 2 is 1.86 bits per heavy atom. The van der Waals surface area contributed by atoms with E-state index in [0.29, 0.717) is 12.8 Å². The summed E-state index contributed by atoms with van der Waals surface area (Å²) in [5.74, 6) is -0.334. The lowest BCUT2D eigenvalue weighted by atomic mass is 9.75. The second-order valence-corrected chi connectivity index (χ2v) is 5.61. The van der Waals surface area contributed by atoms with Crippen LogP contribution in [-0.4, -0.2) is 15.5 Å². The number of aromatic nitrogens is 2. The fraction of sp³-hybridized carbons (Fsp3) is 0.375. The molecule has 1 aromatic carbocycles. The number of nitrogens with zero attached hydrogens (tertiary/aromatic N) is 2. The minimum Gasteiger partial charge on any atom is -0.276 e. The maximum Gasteiger partial charge on any atom is 0.416 e. The van der Waals surface area contributed by atoms with Gasteiger partial charge in [0.05, 0.1) is 11.0 Å². The highest BCUT2D eigenvalue weighted by Crippen LogP contribution is 2.47. The third-order valence-electron chi connectivity index (χ3n) is 4.35. The summed E-state index contributed by atoms with van der Waals surface area (Å²) in [7, 11) is 0. The number of rotatable bonds is 2. The van der Waals surface area contributed by atoms with Crippen LogP contribution in [0.25, 0.3) is 0 Å². The number of alkyl halides is 3. The molecule has 0 radical (unpaired) electrons. The van der Waals surface area contributed by atoms with E-state index >= 15 is 0 Å². The number of hydrogen-bond acceptors (Lipinski definition) is 2. The van der Waals surface area contributed by atoms with Crippen molar-refractivity contribution in [2.24, 2.45) is 0 Å². The van der Waals surface area contributed by atoms with Gasteiger partial charge in [0.25, 0.3) is 0 Å². The zero-order chi connectivity index (χ0) is 15.8. The Labute approximate surface area is 125 Å². The van der Waals surface area contributed by atoms with E-state index < -0.39 is 17.2 Å². The summed E-state index contributed by atoms with van der Waals surface area (Å²) in [6, 6.07) is 5.40. The van der Waals surface area contributed by atoms with Gasteiger partial charge in [-0.3, -0.25) is 9.36 Å². The summed E-state index contributed by atoms with van der Waals surface area (Å²) < 4.78 is 41.3. The van der Waals surface area contributed by atoms with Gasteiger partial charge < -0.3 is 0 Å². The Kier molecular flexibility index (Phi) is 3.54. The molecule has 0 bridgehead atoms. The fourth-order valence-corrected chi connectivity index (χ4v) is 3.35. The van der Waals surface area contributed by atoms with Crippen LogP contribution in [0.4, 0.5) is 13.2 Å². The van der Waals surface area contributed by atoms with E-state index in [4.69, 9.17) is 0 Å². The lowest BCUT2D eigenvalue weighted by molar-refractivity contribution is -0.138. The van der Waals surface area contributed by atoms with E-state index in [2.05, 4.69) is 4.98 Å². The second kappa shape index (κ2) is 5.26. The molecule has 2 aromatic rings. The molecular weight excluding hydrogens is 293 g/mol. The van der Waals surface area contributed by atoms with Gasteiger partial charge >= 0.3 is 6.18 Å². The molecule has 3 nitrogen and oxygen atoms in total. The van der Waals surface area contributed by atoms with Gasteiger partial charge in [-0.05, 0) is 24.5 Å². The van der Waals surface area contributed by atoms with Crippen LogP contribution < -0.4 is 0 Å². The standard InChI is InChI=1S/C16H15F3N2O/c17-16(18,19)13-6-2-1-5-12(13)15(7-3-4-8-15)14(22)21-10-9-20-11-21/h1-2,5-6,9-11H,3-4,7-8H2. The Balaban J connectivity index is 2.16. The first-order valence-electron chi connectivity index (χ1n) is 7.15. The molecule has 1 aromatic heterocycles. The summed E-state index contributed by atoms with van der Waals surface area (Å²) in [5.41, 5.74) is -1.75. The van der Waals surface area contributed by atoms with Gasteiger partial charge in [-0.1, -0.05) is 31.0 Å². The third-order valence-corrected chi connectivity index (χ3v) is 4.35. The average Bonchev–Trinajstić information content (AvgIpc) is 3.18. The Hall–Kier alpha value is -2.11. The van der Waals surface area contributed by atoms with Crippen molar-refractivity contribution in [2.75, 3.05) is 0 Å². The molecule has 0 aliphatic heterocycles. The molecule has 116 valence electrons. The van der Waals surface area contributed by atoms with Gasteiger partial charge in [0.2, 0.25) is 5.91 Å². The van der Waals surface area contributed by atoms with Crippen molar-refractivity contribution in [1.29, 1.82) is 0 Å². The normalized spacial score (nSPS) is 17.6. The molecule has 1 saturated carbocycles. The van der Waals surface area contributed by atoms with Crippen molar-refractivity contribution in [3.8, 4) is 0 Å². The number of benzene rings is 1. The highest BCUT2D eigenvalue weighted by molar-refractivity contribution is 5.91. The molecule has 0 N–H and O–H groups in total. The monoisotopic (exact) mass is 308 g/mol. The third kappa shape index (κ3) is 2.32. The number of hydrogen-bond donors (Lipinski definition) is 0. The smallest absolute Gasteiger partial charge is 0.276 e. The van der Waals surface area contributed by atoms with Gasteiger partial charge in [0.15, 0.2) is 0 Å². The molecule has 6 heteroatoms. The van der Waals surface area contributed by atoms with Crippen molar-refractivity contribution in [2.45, 2.75) is 37.3 Å². The van der Waals surface area contributed by atoms with Gasteiger partial charge in [-0.2, -0.15) is 13.2 Å². The van der Waals surface area contributed by atoms with Crippen LogP contribution >= 0.6 is 0 Å². The van der Waals surface area contributed by atoms with E-state index in [1.165, 1.54) is 35.4 Å². The van der Waals surface area contributed by atoms with E-state index in [1.807, 2.05) is 0 Å². The first-order valence-corrected chi connectivity index (χ1v) is 7.15. The van der Waals surface area contributed by atoms with E-state index in [-0.39, 0.29) is 11.5 Å². The molecule has 1 fully saturated rings.